The van der Waals surface area contributed by atoms with Crippen LogP contribution in [0.25, 0.3) is 21.3 Å². The molecule has 1 aromatic carbocycles. The van der Waals surface area contributed by atoms with Crippen LogP contribution >= 0.6 is 11.3 Å². The molecule has 0 unspecified atom stereocenters. The Morgan fingerprint density at radius 1 is 1.36 bits per heavy atom. The molecule has 1 aliphatic heterocycles. The number of primary amides is 1. The highest BCUT2D eigenvalue weighted by atomic mass is 32.1. The van der Waals surface area contributed by atoms with Gasteiger partial charge in [0.05, 0.1) is 11.1 Å². The van der Waals surface area contributed by atoms with Crippen LogP contribution in [0, 0.1) is 0 Å². The molecule has 25 heavy (non-hydrogen) atoms. The Hall–Kier alpha value is -2.51. The molecule has 3 heterocycles. The number of carbonyl (C=O) groups excluding carboxylic acids is 1. The standard InChI is InChI=1S/C18H19N5OS/c19-17(24)13-7-11(15-4-2-6-25-15)8-14-16(13)21-10-22-18(14)23-12-3-1-5-20-9-12/h2,4,6-8,10,12,20H,1,3,5,9H2,(H2,19,24)(H,21,22,23)/t12-/m0/s1. The maximum atomic E-state index is 12.0. The maximum absolute atomic E-state index is 12.0. The third-order valence-corrected chi connectivity index (χ3v) is 5.37. The fraction of sp³-hybridized carbons (Fsp3) is 0.278. The highest BCUT2D eigenvalue weighted by Crippen LogP contribution is 2.32. The highest BCUT2D eigenvalue weighted by molar-refractivity contribution is 7.13. The van der Waals surface area contributed by atoms with Crippen molar-refractivity contribution < 1.29 is 4.79 Å². The summed E-state index contributed by atoms with van der Waals surface area (Å²) in [5.41, 5.74) is 7.58. The molecule has 1 aliphatic rings. The van der Waals surface area contributed by atoms with Crippen LogP contribution in [-0.4, -0.2) is 35.0 Å². The Morgan fingerprint density at radius 2 is 2.28 bits per heavy atom. The van der Waals surface area contributed by atoms with Crippen molar-refractivity contribution in [2.24, 2.45) is 5.73 Å². The van der Waals surface area contributed by atoms with E-state index < -0.39 is 5.91 Å². The number of benzene rings is 1. The first-order valence-corrected chi connectivity index (χ1v) is 9.20. The van der Waals surface area contributed by atoms with Gasteiger partial charge in [-0.05, 0) is 48.5 Å². The molecule has 0 spiro atoms. The fourth-order valence-corrected chi connectivity index (χ4v) is 3.94. The van der Waals surface area contributed by atoms with E-state index in [0.717, 1.165) is 47.6 Å². The number of anilines is 1. The lowest BCUT2D eigenvalue weighted by Gasteiger charge is -2.24. The van der Waals surface area contributed by atoms with E-state index in [9.17, 15) is 4.79 Å². The summed E-state index contributed by atoms with van der Waals surface area (Å²) in [5, 5.41) is 9.73. The molecule has 1 atom stereocenters. The number of fused-ring (bicyclic) bond motifs is 1. The number of piperidine rings is 1. The van der Waals surface area contributed by atoms with Crippen molar-refractivity contribution in [2.45, 2.75) is 18.9 Å². The molecule has 7 heteroatoms. The van der Waals surface area contributed by atoms with Gasteiger partial charge in [-0.2, -0.15) is 0 Å². The van der Waals surface area contributed by atoms with Crippen LogP contribution in [0.1, 0.15) is 23.2 Å². The number of carbonyl (C=O) groups is 1. The van der Waals surface area contributed by atoms with Crippen molar-refractivity contribution in [1.82, 2.24) is 15.3 Å². The average Bonchev–Trinajstić information content (AvgIpc) is 3.17. The Morgan fingerprint density at radius 3 is 3.00 bits per heavy atom. The van der Waals surface area contributed by atoms with Crippen molar-refractivity contribution in [3.8, 4) is 10.4 Å². The van der Waals surface area contributed by atoms with Gasteiger partial charge in [-0.25, -0.2) is 9.97 Å². The van der Waals surface area contributed by atoms with Crippen LogP contribution < -0.4 is 16.4 Å². The minimum Gasteiger partial charge on any atom is -0.366 e. The molecular formula is C18H19N5OS. The molecule has 1 amide bonds. The van der Waals surface area contributed by atoms with Gasteiger partial charge >= 0.3 is 0 Å². The molecule has 0 radical (unpaired) electrons. The van der Waals surface area contributed by atoms with Gasteiger partial charge in [0.2, 0.25) is 0 Å². The first-order chi connectivity index (χ1) is 12.2. The fourth-order valence-electron chi connectivity index (χ4n) is 3.22. The van der Waals surface area contributed by atoms with Crippen molar-refractivity contribution in [3.05, 3.63) is 41.5 Å². The summed E-state index contributed by atoms with van der Waals surface area (Å²) in [6.45, 7) is 1.95. The zero-order chi connectivity index (χ0) is 17.2. The van der Waals surface area contributed by atoms with Gasteiger partial charge in [0.15, 0.2) is 0 Å². The number of nitrogens with zero attached hydrogens (tertiary/aromatic N) is 2. The van der Waals surface area contributed by atoms with Crippen molar-refractivity contribution in [3.63, 3.8) is 0 Å². The van der Waals surface area contributed by atoms with Gasteiger partial charge in [0.25, 0.3) is 5.91 Å². The number of hydrogen-bond donors (Lipinski definition) is 3. The number of amides is 1. The second-order valence-electron chi connectivity index (χ2n) is 6.17. The molecular weight excluding hydrogens is 334 g/mol. The molecule has 6 nitrogen and oxygen atoms in total. The topological polar surface area (TPSA) is 92.9 Å². The van der Waals surface area contributed by atoms with E-state index >= 15 is 0 Å². The molecule has 1 saturated heterocycles. The van der Waals surface area contributed by atoms with Crippen molar-refractivity contribution in [2.75, 3.05) is 18.4 Å². The van der Waals surface area contributed by atoms with Crippen LogP contribution in [0.15, 0.2) is 36.0 Å². The Kier molecular flexibility index (Phi) is 4.33. The normalized spacial score (nSPS) is 17.5. The maximum Gasteiger partial charge on any atom is 0.250 e. The minimum absolute atomic E-state index is 0.314. The van der Waals surface area contributed by atoms with Gasteiger partial charge in [-0.15, -0.1) is 11.3 Å². The van der Waals surface area contributed by atoms with Gasteiger partial charge in [-0.1, -0.05) is 6.07 Å². The number of nitrogens with two attached hydrogens (primary N) is 1. The predicted molar refractivity (Wildman–Crippen MR) is 101 cm³/mol. The summed E-state index contributed by atoms with van der Waals surface area (Å²) in [6, 6.07) is 8.18. The quantitative estimate of drug-likeness (QED) is 0.670. The number of nitrogens with one attached hydrogen (secondary N) is 2. The largest absolute Gasteiger partial charge is 0.366 e. The number of thiophene rings is 1. The van der Waals surface area contributed by atoms with Crippen LogP contribution in [0.2, 0.25) is 0 Å². The molecule has 4 N–H and O–H groups in total. The number of hydrogen-bond acceptors (Lipinski definition) is 6. The predicted octanol–water partition coefficient (Wildman–Crippen LogP) is 2.62. The lowest BCUT2D eigenvalue weighted by molar-refractivity contribution is 0.100. The molecule has 1 fully saturated rings. The van der Waals surface area contributed by atoms with Crippen LogP contribution in [-0.2, 0) is 0 Å². The van der Waals surface area contributed by atoms with Crippen molar-refractivity contribution in [1.29, 1.82) is 0 Å². The molecule has 3 aromatic rings. The van der Waals surface area contributed by atoms with E-state index in [0.29, 0.717) is 17.1 Å². The van der Waals surface area contributed by atoms with E-state index in [1.165, 1.54) is 6.33 Å². The molecule has 0 bridgehead atoms. The average molecular weight is 353 g/mol. The Bertz CT molecular complexity index is 903. The van der Waals surface area contributed by atoms with E-state index in [1.807, 2.05) is 29.6 Å². The van der Waals surface area contributed by atoms with Crippen LogP contribution in [0.5, 0.6) is 0 Å². The molecule has 0 saturated carbocycles. The minimum atomic E-state index is -0.479. The Balaban J connectivity index is 1.84. The third kappa shape index (κ3) is 3.20. The lowest BCUT2D eigenvalue weighted by atomic mass is 10.0. The van der Waals surface area contributed by atoms with Crippen molar-refractivity contribution >= 4 is 34.0 Å². The van der Waals surface area contributed by atoms with E-state index in [1.54, 1.807) is 11.3 Å². The molecule has 4 rings (SSSR count). The SMILES string of the molecule is NC(=O)c1cc(-c2cccs2)cc2c(N[C@H]3CCCNC3)ncnc12. The number of rotatable bonds is 4. The summed E-state index contributed by atoms with van der Waals surface area (Å²) in [6.07, 6.45) is 3.71. The van der Waals surface area contributed by atoms with E-state index in [-0.39, 0.29) is 0 Å². The zero-order valence-corrected chi connectivity index (χ0v) is 14.5. The van der Waals surface area contributed by atoms with Gasteiger partial charge in [0.1, 0.15) is 12.1 Å². The highest BCUT2D eigenvalue weighted by Gasteiger charge is 2.18. The van der Waals surface area contributed by atoms with Gasteiger partial charge in [0, 0.05) is 22.8 Å². The molecule has 2 aromatic heterocycles. The lowest BCUT2D eigenvalue weighted by Crippen LogP contribution is -2.38. The Labute approximate surface area is 149 Å². The first-order valence-electron chi connectivity index (χ1n) is 8.32. The second-order valence-corrected chi connectivity index (χ2v) is 7.12. The molecule has 128 valence electrons. The number of aromatic nitrogens is 2. The smallest absolute Gasteiger partial charge is 0.250 e. The van der Waals surface area contributed by atoms with Gasteiger partial charge in [-0.3, -0.25) is 4.79 Å². The van der Waals surface area contributed by atoms with E-state index in [4.69, 9.17) is 5.73 Å². The molecule has 0 aliphatic carbocycles. The third-order valence-electron chi connectivity index (χ3n) is 4.45. The summed E-state index contributed by atoms with van der Waals surface area (Å²) in [5.74, 6) is 0.270. The monoisotopic (exact) mass is 353 g/mol. The van der Waals surface area contributed by atoms with Crippen LogP contribution in [0.3, 0.4) is 0 Å². The summed E-state index contributed by atoms with van der Waals surface area (Å²) in [4.78, 5) is 21.8. The van der Waals surface area contributed by atoms with Gasteiger partial charge < -0.3 is 16.4 Å². The summed E-state index contributed by atoms with van der Waals surface area (Å²) in [7, 11) is 0. The van der Waals surface area contributed by atoms with Crippen LogP contribution in [0.4, 0.5) is 5.82 Å². The van der Waals surface area contributed by atoms with E-state index in [2.05, 4.69) is 20.6 Å². The zero-order valence-electron chi connectivity index (χ0n) is 13.7. The summed E-state index contributed by atoms with van der Waals surface area (Å²) < 4.78 is 0. The summed E-state index contributed by atoms with van der Waals surface area (Å²) >= 11 is 1.62. The second kappa shape index (κ2) is 6.78. The first kappa shape index (κ1) is 16.0.